The van der Waals surface area contributed by atoms with E-state index in [1.54, 1.807) is 0 Å². The molecule has 0 saturated heterocycles. The summed E-state index contributed by atoms with van der Waals surface area (Å²) in [7, 11) is 0. The van der Waals surface area contributed by atoms with Crippen LogP contribution in [0.5, 0.6) is 0 Å². The van der Waals surface area contributed by atoms with Gasteiger partial charge in [0.15, 0.2) is 0 Å². The molecule has 0 radical (unpaired) electrons. The summed E-state index contributed by atoms with van der Waals surface area (Å²) in [4.78, 5) is 0. The van der Waals surface area contributed by atoms with Gasteiger partial charge in [-0.3, -0.25) is 0 Å². The lowest BCUT2D eigenvalue weighted by Gasteiger charge is -2.01. The van der Waals surface area contributed by atoms with Gasteiger partial charge in [-0.2, -0.15) is 0 Å². The van der Waals surface area contributed by atoms with Crippen molar-refractivity contribution in [3.05, 3.63) is 35.9 Å². The van der Waals surface area contributed by atoms with Crippen molar-refractivity contribution in [2.75, 3.05) is 0 Å². The van der Waals surface area contributed by atoms with Gasteiger partial charge in [0, 0.05) is 5.92 Å². The molecule has 0 bridgehead atoms. The van der Waals surface area contributed by atoms with Crippen LogP contribution in [0.2, 0.25) is 0 Å². The topological polar surface area (TPSA) is 0 Å². The molecule has 1 aromatic carbocycles. The molecule has 0 amide bonds. The quantitative estimate of drug-likeness (QED) is 0.532. The summed E-state index contributed by atoms with van der Waals surface area (Å²) in [5.41, 5.74) is 1.29. The van der Waals surface area contributed by atoms with Crippen molar-refractivity contribution in [1.29, 1.82) is 0 Å². The third-order valence-corrected chi connectivity index (χ3v) is 1.66. The molecule has 0 aliphatic carbocycles. The highest BCUT2D eigenvalue weighted by atomic mass is 14.0. The van der Waals surface area contributed by atoms with Gasteiger partial charge in [0.1, 0.15) is 0 Å². The van der Waals surface area contributed by atoms with Crippen molar-refractivity contribution in [3.8, 4) is 11.8 Å². The zero-order valence-electron chi connectivity index (χ0n) is 6.96. The Labute approximate surface area is 68.3 Å². The minimum Gasteiger partial charge on any atom is -0.106 e. The molecule has 0 heteroatoms. The van der Waals surface area contributed by atoms with Gasteiger partial charge in [-0.05, 0) is 19.4 Å². The van der Waals surface area contributed by atoms with Crippen LogP contribution in [0, 0.1) is 11.8 Å². The van der Waals surface area contributed by atoms with E-state index in [9.17, 15) is 0 Å². The Kier molecular flexibility index (Phi) is 2.74. The van der Waals surface area contributed by atoms with Crippen LogP contribution in [0.4, 0.5) is 0 Å². The molecule has 0 aromatic heterocycles. The van der Waals surface area contributed by atoms with Gasteiger partial charge >= 0.3 is 0 Å². The molecule has 11 heavy (non-hydrogen) atoms. The minimum absolute atomic E-state index is 0.362. The van der Waals surface area contributed by atoms with E-state index < -0.39 is 0 Å². The molecule has 0 N–H and O–H groups in total. The first-order valence-corrected chi connectivity index (χ1v) is 3.82. The number of rotatable bonds is 1. The summed E-state index contributed by atoms with van der Waals surface area (Å²) in [6.45, 7) is 3.99. The van der Waals surface area contributed by atoms with Crippen LogP contribution in [-0.4, -0.2) is 0 Å². The molecule has 0 heterocycles. The molecule has 1 aromatic rings. The maximum Gasteiger partial charge on any atom is 0.0423 e. The van der Waals surface area contributed by atoms with E-state index in [4.69, 9.17) is 0 Å². The average Bonchev–Trinajstić information content (AvgIpc) is 2.07. The Morgan fingerprint density at radius 3 is 2.36 bits per heavy atom. The molecule has 0 spiro atoms. The van der Waals surface area contributed by atoms with Crippen LogP contribution in [-0.2, 0) is 0 Å². The fourth-order valence-electron chi connectivity index (χ4n) is 1.04. The maximum absolute atomic E-state index is 3.11. The van der Waals surface area contributed by atoms with E-state index in [1.807, 2.05) is 25.1 Å². The van der Waals surface area contributed by atoms with E-state index in [0.29, 0.717) is 5.92 Å². The molecule has 0 aliphatic heterocycles. The molecule has 1 rings (SSSR count). The van der Waals surface area contributed by atoms with Gasteiger partial charge in [0.05, 0.1) is 0 Å². The molecule has 0 saturated carbocycles. The van der Waals surface area contributed by atoms with Crippen molar-refractivity contribution in [1.82, 2.24) is 0 Å². The van der Waals surface area contributed by atoms with Crippen molar-refractivity contribution in [2.24, 2.45) is 0 Å². The molecule has 56 valence electrons. The SMILES string of the molecule is CC#CC(C)c1ccccc1. The van der Waals surface area contributed by atoms with Crippen LogP contribution in [0.25, 0.3) is 0 Å². The minimum atomic E-state index is 0.362. The van der Waals surface area contributed by atoms with E-state index in [-0.39, 0.29) is 0 Å². The van der Waals surface area contributed by atoms with Crippen molar-refractivity contribution >= 4 is 0 Å². The van der Waals surface area contributed by atoms with Crippen LogP contribution in [0.15, 0.2) is 30.3 Å². The zero-order chi connectivity index (χ0) is 8.10. The van der Waals surface area contributed by atoms with Gasteiger partial charge in [-0.1, -0.05) is 36.3 Å². The lowest BCUT2D eigenvalue weighted by Crippen LogP contribution is -1.87. The highest BCUT2D eigenvalue weighted by molar-refractivity contribution is 5.26. The highest BCUT2D eigenvalue weighted by Gasteiger charge is 1.97. The molecular weight excluding hydrogens is 132 g/mol. The summed E-state index contributed by atoms with van der Waals surface area (Å²) >= 11 is 0. The normalized spacial score (nSPS) is 11.5. The largest absolute Gasteiger partial charge is 0.106 e. The summed E-state index contributed by atoms with van der Waals surface area (Å²) in [6.07, 6.45) is 0. The Morgan fingerprint density at radius 1 is 1.18 bits per heavy atom. The molecule has 0 nitrogen and oxygen atoms in total. The molecule has 1 atom stereocenters. The second kappa shape index (κ2) is 3.83. The zero-order valence-corrected chi connectivity index (χ0v) is 6.96. The van der Waals surface area contributed by atoms with Crippen LogP contribution < -0.4 is 0 Å². The Bertz CT molecular complexity index is 261. The second-order valence-corrected chi connectivity index (χ2v) is 2.53. The lowest BCUT2D eigenvalue weighted by atomic mass is 10.0. The lowest BCUT2D eigenvalue weighted by molar-refractivity contribution is 1.00. The number of hydrogen-bond donors (Lipinski definition) is 0. The second-order valence-electron chi connectivity index (χ2n) is 2.53. The molecular formula is C11H12. The van der Waals surface area contributed by atoms with Gasteiger partial charge in [0.2, 0.25) is 0 Å². The van der Waals surface area contributed by atoms with Crippen LogP contribution >= 0.6 is 0 Å². The van der Waals surface area contributed by atoms with E-state index in [1.165, 1.54) is 5.56 Å². The smallest absolute Gasteiger partial charge is 0.0423 e. The first-order chi connectivity index (χ1) is 5.34. The average molecular weight is 144 g/mol. The standard InChI is InChI=1S/C11H12/c1-3-7-10(2)11-8-5-4-6-9-11/h4-6,8-10H,1-2H3. The monoisotopic (exact) mass is 144 g/mol. The highest BCUT2D eigenvalue weighted by Crippen LogP contribution is 2.12. The van der Waals surface area contributed by atoms with Crippen LogP contribution in [0.3, 0.4) is 0 Å². The number of hydrogen-bond acceptors (Lipinski definition) is 0. The van der Waals surface area contributed by atoms with Gasteiger partial charge < -0.3 is 0 Å². The van der Waals surface area contributed by atoms with E-state index in [2.05, 4.69) is 30.9 Å². The van der Waals surface area contributed by atoms with Gasteiger partial charge in [0.25, 0.3) is 0 Å². The fraction of sp³-hybridized carbons (Fsp3) is 0.273. The first kappa shape index (κ1) is 7.88. The Hall–Kier alpha value is -1.22. The van der Waals surface area contributed by atoms with Crippen LogP contribution in [0.1, 0.15) is 25.3 Å². The predicted molar refractivity (Wildman–Crippen MR) is 48.3 cm³/mol. The Morgan fingerprint density at radius 2 is 1.82 bits per heavy atom. The summed E-state index contributed by atoms with van der Waals surface area (Å²) in [5.74, 6) is 6.39. The van der Waals surface area contributed by atoms with Gasteiger partial charge in [-0.15, -0.1) is 5.92 Å². The molecule has 1 unspecified atom stereocenters. The maximum atomic E-state index is 3.11. The third-order valence-electron chi connectivity index (χ3n) is 1.66. The van der Waals surface area contributed by atoms with Crippen molar-refractivity contribution in [2.45, 2.75) is 19.8 Å². The van der Waals surface area contributed by atoms with E-state index >= 15 is 0 Å². The fourth-order valence-corrected chi connectivity index (χ4v) is 1.04. The van der Waals surface area contributed by atoms with E-state index in [0.717, 1.165) is 0 Å². The molecule has 0 fully saturated rings. The van der Waals surface area contributed by atoms with Gasteiger partial charge in [-0.25, -0.2) is 0 Å². The predicted octanol–water partition coefficient (Wildman–Crippen LogP) is 2.81. The number of benzene rings is 1. The summed E-state index contributed by atoms with van der Waals surface area (Å²) in [6, 6.07) is 10.3. The third kappa shape index (κ3) is 2.13. The molecule has 0 aliphatic rings. The summed E-state index contributed by atoms with van der Waals surface area (Å²) in [5, 5.41) is 0. The summed E-state index contributed by atoms with van der Waals surface area (Å²) < 4.78 is 0. The van der Waals surface area contributed by atoms with Crippen molar-refractivity contribution < 1.29 is 0 Å². The van der Waals surface area contributed by atoms with Crippen molar-refractivity contribution in [3.63, 3.8) is 0 Å². The first-order valence-electron chi connectivity index (χ1n) is 3.82. The Balaban J connectivity index is 2.82.